The largest absolute Gasteiger partial charge is 0.376 e. The first kappa shape index (κ1) is 16.4. The van der Waals surface area contributed by atoms with Crippen molar-refractivity contribution in [1.82, 2.24) is 10.2 Å². The highest BCUT2D eigenvalue weighted by Gasteiger charge is 2.29. The van der Waals surface area contributed by atoms with E-state index < -0.39 is 0 Å². The van der Waals surface area contributed by atoms with Gasteiger partial charge < -0.3 is 15.0 Å². The lowest BCUT2D eigenvalue weighted by atomic mass is 10.1. The first-order valence-corrected chi connectivity index (χ1v) is 8.50. The number of rotatable bonds is 7. The van der Waals surface area contributed by atoms with Crippen LogP contribution in [0.1, 0.15) is 41.6 Å². The number of nitrogens with one attached hydrogen (secondary N) is 1. The lowest BCUT2D eigenvalue weighted by molar-refractivity contribution is 0.0736. The van der Waals surface area contributed by atoms with Gasteiger partial charge in [0.25, 0.3) is 5.91 Å². The lowest BCUT2D eigenvalue weighted by Crippen LogP contribution is -2.40. The van der Waals surface area contributed by atoms with Gasteiger partial charge in [-0.3, -0.25) is 4.79 Å². The van der Waals surface area contributed by atoms with E-state index in [1.54, 1.807) is 12.1 Å². The molecule has 1 amide bonds. The number of likely N-dealkylation sites (N-methyl/N-ethyl adjacent to an activating group) is 1. The Labute approximate surface area is 137 Å². The van der Waals surface area contributed by atoms with Crippen LogP contribution in [0.3, 0.4) is 0 Å². The van der Waals surface area contributed by atoms with Crippen molar-refractivity contribution in [3.05, 3.63) is 35.1 Å². The van der Waals surface area contributed by atoms with Gasteiger partial charge >= 0.3 is 0 Å². The van der Waals surface area contributed by atoms with Crippen LogP contribution in [-0.2, 0) is 11.3 Å². The molecule has 1 aliphatic carbocycles. The predicted octanol–water partition coefficient (Wildman–Crippen LogP) is 2.58. The Morgan fingerprint density at radius 1 is 1.39 bits per heavy atom. The Morgan fingerprint density at radius 2 is 2.22 bits per heavy atom. The monoisotopic (exact) mass is 320 g/mol. The Balaban J connectivity index is 1.67. The number of hydrogen-bond donors (Lipinski definition) is 1. The molecule has 1 saturated carbocycles. The maximum Gasteiger partial charge on any atom is 0.254 e. The molecule has 1 N–H and O–H groups in total. The summed E-state index contributed by atoms with van der Waals surface area (Å²) >= 11 is 0. The first-order chi connectivity index (χ1) is 11.2. The molecule has 0 bridgehead atoms. The van der Waals surface area contributed by atoms with Crippen molar-refractivity contribution in [3.8, 4) is 0 Å². The Kier molecular flexibility index (Phi) is 5.28. The number of amides is 1. The Hall–Kier alpha value is -1.46. The van der Waals surface area contributed by atoms with Crippen molar-refractivity contribution in [2.75, 3.05) is 26.7 Å². The molecule has 2 fully saturated rings. The van der Waals surface area contributed by atoms with Crippen LogP contribution in [0.25, 0.3) is 0 Å². The predicted molar refractivity (Wildman–Crippen MR) is 86.8 cm³/mol. The van der Waals surface area contributed by atoms with Gasteiger partial charge in [-0.15, -0.1) is 0 Å². The zero-order valence-corrected chi connectivity index (χ0v) is 13.7. The average Bonchev–Trinajstić information content (AvgIpc) is 3.26. The van der Waals surface area contributed by atoms with Crippen LogP contribution in [0.4, 0.5) is 4.39 Å². The van der Waals surface area contributed by atoms with Gasteiger partial charge in [0.2, 0.25) is 0 Å². The standard InChI is InChI=1S/C18H25FN2O2/c1-20-10-16-3-2-8-21(16)18(22)14-6-7-17(19)15(9-14)12-23-11-13-4-5-13/h6-7,9,13,16,20H,2-5,8,10-12H2,1H3. The fourth-order valence-corrected chi connectivity index (χ4v) is 3.16. The smallest absolute Gasteiger partial charge is 0.254 e. The zero-order valence-electron chi connectivity index (χ0n) is 13.7. The van der Waals surface area contributed by atoms with E-state index in [0.29, 0.717) is 23.7 Å². The summed E-state index contributed by atoms with van der Waals surface area (Å²) in [5.74, 6) is 0.339. The summed E-state index contributed by atoms with van der Waals surface area (Å²) in [5.41, 5.74) is 1.03. The van der Waals surface area contributed by atoms with Gasteiger partial charge in [-0.25, -0.2) is 4.39 Å². The third-order valence-corrected chi connectivity index (χ3v) is 4.68. The fraction of sp³-hybridized carbons (Fsp3) is 0.611. The second-order valence-electron chi connectivity index (χ2n) is 6.62. The number of benzene rings is 1. The van der Waals surface area contributed by atoms with E-state index in [9.17, 15) is 9.18 Å². The van der Waals surface area contributed by atoms with E-state index in [4.69, 9.17) is 4.74 Å². The van der Waals surface area contributed by atoms with Gasteiger partial charge in [0.15, 0.2) is 0 Å². The van der Waals surface area contributed by atoms with Crippen LogP contribution in [0.15, 0.2) is 18.2 Å². The second-order valence-corrected chi connectivity index (χ2v) is 6.62. The van der Waals surface area contributed by atoms with Crippen molar-refractivity contribution >= 4 is 5.91 Å². The highest BCUT2D eigenvalue weighted by atomic mass is 19.1. The van der Waals surface area contributed by atoms with Crippen molar-refractivity contribution < 1.29 is 13.9 Å². The van der Waals surface area contributed by atoms with Gasteiger partial charge in [-0.1, -0.05) is 0 Å². The quantitative estimate of drug-likeness (QED) is 0.839. The van der Waals surface area contributed by atoms with Crippen LogP contribution in [0.5, 0.6) is 0 Å². The molecule has 1 aromatic carbocycles. The number of carbonyl (C=O) groups is 1. The third kappa shape index (κ3) is 4.09. The van der Waals surface area contributed by atoms with Crippen LogP contribution in [0.2, 0.25) is 0 Å². The fourth-order valence-electron chi connectivity index (χ4n) is 3.16. The van der Waals surface area contributed by atoms with Gasteiger partial charge in [0.1, 0.15) is 5.82 Å². The topological polar surface area (TPSA) is 41.6 Å². The third-order valence-electron chi connectivity index (χ3n) is 4.68. The first-order valence-electron chi connectivity index (χ1n) is 8.50. The Bertz CT molecular complexity index is 560. The lowest BCUT2D eigenvalue weighted by Gasteiger charge is -2.24. The molecule has 5 heteroatoms. The molecule has 1 aliphatic heterocycles. The molecule has 4 nitrogen and oxygen atoms in total. The molecule has 0 radical (unpaired) electrons. The van der Waals surface area contributed by atoms with Gasteiger partial charge in [-0.2, -0.15) is 0 Å². The van der Waals surface area contributed by atoms with E-state index >= 15 is 0 Å². The van der Waals surface area contributed by atoms with Crippen LogP contribution < -0.4 is 5.32 Å². The van der Waals surface area contributed by atoms with Crippen LogP contribution in [0, 0.1) is 11.7 Å². The van der Waals surface area contributed by atoms with Crippen molar-refractivity contribution in [1.29, 1.82) is 0 Å². The molecule has 1 heterocycles. The molecule has 1 atom stereocenters. The van der Waals surface area contributed by atoms with Gasteiger partial charge in [0.05, 0.1) is 6.61 Å². The molecular formula is C18H25FN2O2. The normalized spacial score (nSPS) is 21.0. The molecule has 23 heavy (non-hydrogen) atoms. The summed E-state index contributed by atoms with van der Waals surface area (Å²) in [6, 6.07) is 4.84. The minimum absolute atomic E-state index is 0.00815. The van der Waals surface area contributed by atoms with Crippen LogP contribution in [-0.4, -0.2) is 43.6 Å². The molecule has 2 aliphatic rings. The summed E-state index contributed by atoms with van der Waals surface area (Å²) in [6.07, 6.45) is 4.47. The molecule has 0 aromatic heterocycles. The number of halogens is 1. The maximum atomic E-state index is 13.9. The SMILES string of the molecule is CNCC1CCCN1C(=O)c1ccc(F)c(COCC2CC2)c1. The van der Waals surface area contributed by atoms with E-state index in [-0.39, 0.29) is 24.4 Å². The molecule has 0 spiro atoms. The molecule has 1 saturated heterocycles. The molecule has 3 rings (SSSR count). The summed E-state index contributed by atoms with van der Waals surface area (Å²) in [4.78, 5) is 14.6. The van der Waals surface area contributed by atoms with Gasteiger partial charge in [-0.05, 0) is 56.8 Å². The molecule has 1 unspecified atom stereocenters. The number of ether oxygens (including phenoxy) is 1. The number of hydrogen-bond acceptors (Lipinski definition) is 3. The van der Waals surface area contributed by atoms with Crippen molar-refractivity contribution in [2.45, 2.75) is 38.3 Å². The molecule has 1 aromatic rings. The highest BCUT2D eigenvalue weighted by molar-refractivity contribution is 5.94. The Morgan fingerprint density at radius 3 is 2.96 bits per heavy atom. The number of likely N-dealkylation sites (tertiary alicyclic amines) is 1. The van der Waals surface area contributed by atoms with E-state index in [1.165, 1.54) is 18.9 Å². The van der Waals surface area contributed by atoms with Crippen molar-refractivity contribution in [2.24, 2.45) is 5.92 Å². The summed E-state index contributed by atoms with van der Waals surface area (Å²) < 4.78 is 19.5. The minimum Gasteiger partial charge on any atom is -0.376 e. The maximum absolute atomic E-state index is 13.9. The van der Waals surface area contributed by atoms with Gasteiger partial charge in [0, 0.05) is 36.9 Å². The molecule has 126 valence electrons. The number of nitrogens with zero attached hydrogens (tertiary/aromatic N) is 1. The van der Waals surface area contributed by atoms with E-state index in [2.05, 4.69) is 5.32 Å². The molecular weight excluding hydrogens is 295 g/mol. The zero-order chi connectivity index (χ0) is 16.2. The summed E-state index contributed by atoms with van der Waals surface area (Å²) in [7, 11) is 1.90. The van der Waals surface area contributed by atoms with Crippen molar-refractivity contribution in [3.63, 3.8) is 0 Å². The highest BCUT2D eigenvalue weighted by Crippen LogP contribution is 2.29. The van der Waals surface area contributed by atoms with E-state index in [0.717, 1.165) is 25.9 Å². The summed E-state index contributed by atoms with van der Waals surface area (Å²) in [5, 5.41) is 3.14. The van der Waals surface area contributed by atoms with Crippen LogP contribution >= 0.6 is 0 Å². The number of carbonyl (C=O) groups excluding carboxylic acids is 1. The average molecular weight is 320 g/mol. The van der Waals surface area contributed by atoms with E-state index in [1.807, 2.05) is 11.9 Å². The minimum atomic E-state index is -0.300. The second kappa shape index (κ2) is 7.41. The summed E-state index contributed by atoms with van der Waals surface area (Å²) in [6.45, 7) is 2.50.